The monoisotopic (exact) mass is 284 g/mol. The van der Waals surface area contributed by atoms with Crippen LogP contribution in [0, 0.1) is 6.92 Å². The highest BCUT2D eigenvalue weighted by Crippen LogP contribution is 2.30. The third kappa shape index (κ3) is 2.54. The number of fused-ring (bicyclic) bond motifs is 1. The molecule has 1 aliphatic rings. The molecule has 5 heteroatoms. The van der Waals surface area contributed by atoms with Gasteiger partial charge < -0.3 is 9.52 Å². The second kappa shape index (κ2) is 5.44. The maximum Gasteiger partial charge on any atom is 0.372 e. The average molecular weight is 284 g/mol. The number of hydrogen-bond donors (Lipinski definition) is 2. The van der Waals surface area contributed by atoms with E-state index in [9.17, 15) is 4.79 Å². The van der Waals surface area contributed by atoms with Crippen molar-refractivity contribution in [2.45, 2.75) is 26.2 Å². The van der Waals surface area contributed by atoms with Gasteiger partial charge >= 0.3 is 5.97 Å². The Bertz CT molecular complexity index is 702. The van der Waals surface area contributed by atoms with Gasteiger partial charge in [0.2, 0.25) is 5.76 Å². The molecule has 1 aliphatic carbocycles. The van der Waals surface area contributed by atoms with Crippen LogP contribution in [-0.2, 0) is 6.42 Å². The van der Waals surface area contributed by atoms with E-state index >= 15 is 0 Å². The molecule has 0 unspecified atom stereocenters. The third-order valence-corrected chi connectivity index (χ3v) is 3.61. The van der Waals surface area contributed by atoms with E-state index in [1.807, 2.05) is 30.3 Å². The van der Waals surface area contributed by atoms with E-state index in [4.69, 9.17) is 9.52 Å². The smallest absolute Gasteiger partial charge is 0.372 e. The molecule has 2 N–H and O–H groups in total. The normalized spacial score (nSPS) is 15.8. The molecular weight excluding hydrogens is 268 g/mol. The first-order valence-electron chi connectivity index (χ1n) is 6.90. The molecule has 1 aromatic heterocycles. The van der Waals surface area contributed by atoms with Crippen LogP contribution in [0.4, 0.5) is 5.69 Å². The summed E-state index contributed by atoms with van der Waals surface area (Å²) in [7, 11) is 0. The maximum absolute atomic E-state index is 11.2. The molecular formula is C16H16N2O3. The third-order valence-electron chi connectivity index (χ3n) is 3.61. The molecule has 0 amide bonds. The highest BCUT2D eigenvalue weighted by molar-refractivity contribution is 6.05. The standard InChI is InChI=1S/C16H16N2O3/c1-10-14-12(18-17-11-6-3-2-4-7-11)8-5-9-13(14)21-15(10)16(19)20/h2-4,6-7,17H,5,8-9H2,1H3,(H,19,20)/b18-12-. The molecule has 0 radical (unpaired) electrons. The molecule has 0 aliphatic heterocycles. The van der Waals surface area contributed by atoms with Crippen LogP contribution >= 0.6 is 0 Å². The van der Waals surface area contributed by atoms with Gasteiger partial charge in [-0.05, 0) is 31.9 Å². The second-order valence-corrected chi connectivity index (χ2v) is 5.05. The zero-order valence-corrected chi connectivity index (χ0v) is 11.7. The van der Waals surface area contributed by atoms with Crippen LogP contribution in [0.25, 0.3) is 0 Å². The van der Waals surface area contributed by atoms with Crippen LogP contribution in [0.1, 0.15) is 40.3 Å². The minimum atomic E-state index is -1.03. The highest BCUT2D eigenvalue weighted by atomic mass is 16.4. The number of nitrogens with one attached hydrogen (secondary N) is 1. The number of anilines is 1. The number of carbonyl (C=O) groups is 1. The molecule has 0 atom stereocenters. The van der Waals surface area contributed by atoms with Crippen molar-refractivity contribution in [2.75, 3.05) is 5.43 Å². The lowest BCUT2D eigenvalue weighted by molar-refractivity contribution is 0.0659. The Morgan fingerprint density at radius 2 is 2.05 bits per heavy atom. The van der Waals surface area contributed by atoms with E-state index in [0.717, 1.165) is 42.0 Å². The quantitative estimate of drug-likeness (QED) is 0.847. The van der Waals surface area contributed by atoms with Crippen molar-refractivity contribution in [2.24, 2.45) is 5.10 Å². The molecule has 0 bridgehead atoms. The van der Waals surface area contributed by atoms with E-state index in [-0.39, 0.29) is 5.76 Å². The Balaban J connectivity index is 1.95. The van der Waals surface area contributed by atoms with E-state index < -0.39 is 5.97 Å². The molecule has 0 saturated carbocycles. The first-order chi connectivity index (χ1) is 10.2. The van der Waals surface area contributed by atoms with Crippen molar-refractivity contribution in [1.29, 1.82) is 0 Å². The average Bonchev–Trinajstić information content (AvgIpc) is 2.84. The number of hydrazone groups is 1. The number of para-hydroxylation sites is 1. The lowest BCUT2D eigenvalue weighted by atomic mass is 9.93. The van der Waals surface area contributed by atoms with Crippen LogP contribution in [-0.4, -0.2) is 16.8 Å². The van der Waals surface area contributed by atoms with E-state index in [0.29, 0.717) is 5.56 Å². The minimum absolute atomic E-state index is 0.0225. The molecule has 21 heavy (non-hydrogen) atoms. The number of nitrogens with zero attached hydrogens (tertiary/aromatic N) is 1. The summed E-state index contributed by atoms with van der Waals surface area (Å²) in [5.41, 5.74) is 6.28. The predicted octanol–water partition coefficient (Wildman–Crippen LogP) is 3.44. The maximum atomic E-state index is 11.2. The van der Waals surface area contributed by atoms with Gasteiger partial charge in [0.15, 0.2) is 0 Å². The van der Waals surface area contributed by atoms with Crippen LogP contribution in [0.5, 0.6) is 0 Å². The van der Waals surface area contributed by atoms with Crippen LogP contribution < -0.4 is 5.43 Å². The van der Waals surface area contributed by atoms with Crippen molar-refractivity contribution in [1.82, 2.24) is 0 Å². The van der Waals surface area contributed by atoms with Crippen molar-refractivity contribution < 1.29 is 14.3 Å². The van der Waals surface area contributed by atoms with Gasteiger partial charge in [-0.3, -0.25) is 5.43 Å². The number of benzene rings is 1. The fourth-order valence-electron chi connectivity index (χ4n) is 2.63. The Morgan fingerprint density at radius 3 is 2.76 bits per heavy atom. The molecule has 1 heterocycles. The van der Waals surface area contributed by atoms with Gasteiger partial charge in [-0.2, -0.15) is 5.10 Å². The number of rotatable bonds is 3. The largest absolute Gasteiger partial charge is 0.475 e. The lowest BCUT2D eigenvalue weighted by Crippen LogP contribution is -2.13. The Labute approximate surface area is 122 Å². The summed E-state index contributed by atoms with van der Waals surface area (Å²) in [4.78, 5) is 11.2. The molecule has 0 saturated heterocycles. The Hall–Kier alpha value is -2.56. The van der Waals surface area contributed by atoms with Gasteiger partial charge in [0.25, 0.3) is 0 Å². The van der Waals surface area contributed by atoms with E-state index in [2.05, 4.69) is 10.5 Å². The predicted molar refractivity (Wildman–Crippen MR) is 79.9 cm³/mol. The van der Waals surface area contributed by atoms with Crippen LogP contribution in [0.15, 0.2) is 39.9 Å². The zero-order valence-electron chi connectivity index (χ0n) is 11.7. The lowest BCUT2D eigenvalue weighted by Gasteiger charge is -2.13. The van der Waals surface area contributed by atoms with Crippen molar-refractivity contribution in [3.63, 3.8) is 0 Å². The molecule has 3 rings (SSSR count). The number of furan rings is 1. The summed E-state index contributed by atoms with van der Waals surface area (Å²) in [6, 6.07) is 9.66. The zero-order chi connectivity index (χ0) is 14.8. The summed E-state index contributed by atoms with van der Waals surface area (Å²) >= 11 is 0. The summed E-state index contributed by atoms with van der Waals surface area (Å²) in [6.45, 7) is 1.77. The highest BCUT2D eigenvalue weighted by Gasteiger charge is 2.27. The van der Waals surface area contributed by atoms with Crippen LogP contribution in [0.3, 0.4) is 0 Å². The van der Waals surface area contributed by atoms with Gasteiger partial charge in [-0.1, -0.05) is 18.2 Å². The minimum Gasteiger partial charge on any atom is -0.475 e. The molecule has 2 aromatic rings. The van der Waals surface area contributed by atoms with Gasteiger partial charge in [0, 0.05) is 17.5 Å². The number of carboxylic acid groups (broad SMARTS) is 1. The van der Waals surface area contributed by atoms with Crippen LogP contribution in [0.2, 0.25) is 0 Å². The van der Waals surface area contributed by atoms with Crippen molar-refractivity contribution in [3.05, 3.63) is 53.0 Å². The molecule has 1 aromatic carbocycles. The van der Waals surface area contributed by atoms with E-state index in [1.165, 1.54) is 0 Å². The van der Waals surface area contributed by atoms with Crippen molar-refractivity contribution >= 4 is 17.4 Å². The Kier molecular flexibility index (Phi) is 3.48. The fourth-order valence-corrected chi connectivity index (χ4v) is 2.63. The summed E-state index contributed by atoms with van der Waals surface area (Å²) in [5.74, 6) is -0.281. The first-order valence-corrected chi connectivity index (χ1v) is 6.90. The summed E-state index contributed by atoms with van der Waals surface area (Å²) in [6.07, 6.45) is 2.48. The fraction of sp³-hybridized carbons (Fsp3) is 0.250. The topological polar surface area (TPSA) is 74.8 Å². The molecule has 108 valence electrons. The molecule has 0 spiro atoms. The van der Waals surface area contributed by atoms with E-state index in [1.54, 1.807) is 6.92 Å². The number of carboxylic acids is 1. The Morgan fingerprint density at radius 1 is 1.29 bits per heavy atom. The first kappa shape index (κ1) is 13.4. The summed E-state index contributed by atoms with van der Waals surface area (Å²) in [5, 5.41) is 13.6. The number of aromatic carboxylic acids is 1. The van der Waals surface area contributed by atoms with Gasteiger partial charge in [0.05, 0.1) is 11.4 Å². The molecule has 5 nitrogen and oxygen atoms in total. The van der Waals surface area contributed by atoms with Crippen molar-refractivity contribution in [3.8, 4) is 0 Å². The van der Waals surface area contributed by atoms with Gasteiger partial charge in [-0.15, -0.1) is 0 Å². The summed E-state index contributed by atoms with van der Waals surface area (Å²) < 4.78 is 5.47. The molecule has 0 fully saturated rings. The number of aryl methyl sites for hydroxylation is 1. The second-order valence-electron chi connectivity index (χ2n) is 5.05. The van der Waals surface area contributed by atoms with Gasteiger partial charge in [-0.25, -0.2) is 4.79 Å². The number of hydrogen-bond acceptors (Lipinski definition) is 4. The van der Waals surface area contributed by atoms with Gasteiger partial charge in [0.1, 0.15) is 5.76 Å². The SMILES string of the molecule is Cc1c(C(=O)O)oc2c1/C(=N\Nc1ccccc1)CCC2.